The molecule has 3 aromatic rings. The summed E-state index contributed by atoms with van der Waals surface area (Å²) >= 11 is 0. The number of aromatic nitrogens is 4. The molecule has 10 nitrogen and oxygen atoms in total. The van der Waals surface area contributed by atoms with Gasteiger partial charge in [0.15, 0.2) is 0 Å². The summed E-state index contributed by atoms with van der Waals surface area (Å²) in [7, 11) is 1.49. The van der Waals surface area contributed by atoms with E-state index in [1.54, 1.807) is 34.1 Å². The van der Waals surface area contributed by atoms with Crippen molar-refractivity contribution in [3.63, 3.8) is 0 Å². The number of nitrogens with zero attached hydrogens (tertiary/aromatic N) is 7. The zero-order valence-corrected chi connectivity index (χ0v) is 24.3. The normalized spacial score (nSPS) is 18.0. The second-order valence-electron chi connectivity index (χ2n) is 10.9. The molecule has 2 aliphatic heterocycles. The van der Waals surface area contributed by atoms with Gasteiger partial charge in [-0.1, -0.05) is 12.1 Å². The van der Waals surface area contributed by atoms with E-state index >= 15 is 0 Å². The third-order valence-electron chi connectivity index (χ3n) is 7.99. The largest absolute Gasteiger partial charge is 0.497 e. The van der Waals surface area contributed by atoms with Gasteiger partial charge in [-0.3, -0.25) is 14.5 Å². The predicted molar refractivity (Wildman–Crippen MR) is 150 cm³/mol. The lowest BCUT2D eigenvalue weighted by Gasteiger charge is -2.35. The van der Waals surface area contributed by atoms with E-state index in [0.29, 0.717) is 56.9 Å². The van der Waals surface area contributed by atoms with Gasteiger partial charge in [-0.25, -0.2) is 14.6 Å². The number of ether oxygens (including phenoxy) is 1. The van der Waals surface area contributed by atoms with Crippen LogP contribution in [0.5, 0.6) is 5.75 Å². The average molecular weight is 640 g/mol. The fourth-order valence-corrected chi connectivity index (χ4v) is 5.55. The van der Waals surface area contributed by atoms with Crippen molar-refractivity contribution in [2.24, 2.45) is 0 Å². The summed E-state index contributed by atoms with van der Waals surface area (Å²) in [4.78, 5) is 38.7. The van der Waals surface area contributed by atoms with Gasteiger partial charge >= 0.3 is 12.4 Å². The molecular formula is C29H31F6N7O3. The Balaban J connectivity index is 1.23. The molecule has 0 N–H and O–H groups in total. The van der Waals surface area contributed by atoms with Gasteiger partial charge in [-0.05, 0) is 43.1 Å². The molecule has 4 heterocycles. The van der Waals surface area contributed by atoms with Crippen molar-refractivity contribution in [3.05, 3.63) is 75.5 Å². The standard InChI is InChI=1S/C29H31F6N7O3/c1-45-21-6-4-19(5-7-21)18-42-26(44)22(29(33,34)35)15-23(38-42)24-3-2-9-39(24)10-8-25(43)40-11-13-41(14-12-40)27-36-16-20(17-37-27)28(30,31)32/h4-7,15-17,24H,2-3,8-14,18H2,1H3. The number of anilines is 1. The number of alkyl halides is 6. The summed E-state index contributed by atoms with van der Waals surface area (Å²) in [6.07, 6.45) is -6.63. The number of halogens is 6. The number of carbonyl (C=O) groups excluding carboxylic acids is 1. The summed E-state index contributed by atoms with van der Waals surface area (Å²) in [5, 5.41) is 4.35. The highest BCUT2D eigenvalue weighted by Crippen LogP contribution is 2.34. The smallest absolute Gasteiger partial charge is 0.421 e. The van der Waals surface area contributed by atoms with Gasteiger partial charge in [0.05, 0.1) is 31.0 Å². The van der Waals surface area contributed by atoms with E-state index in [4.69, 9.17) is 4.74 Å². The van der Waals surface area contributed by atoms with Crippen LogP contribution in [0.2, 0.25) is 0 Å². The third kappa shape index (κ3) is 7.54. The van der Waals surface area contributed by atoms with E-state index < -0.39 is 35.1 Å². The van der Waals surface area contributed by atoms with Crippen molar-refractivity contribution < 1.29 is 35.9 Å². The highest BCUT2D eigenvalue weighted by Gasteiger charge is 2.38. The zero-order valence-electron chi connectivity index (χ0n) is 24.3. The summed E-state index contributed by atoms with van der Waals surface area (Å²) in [5.74, 6) is 0.561. The number of carbonyl (C=O) groups is 1. The molecule has 0 radical (unpaired) electrons. The summed E-state index contributed by atoms with van der Waals surface area (Å²) in [6, 6.07) is 6.91. The number of rotatable bonds is 8. The molecule has 2 saturated heterocycles. The molecule has 0 spiro atoms. The Kier molecular flexibility index (Phi) is 9.32. The second-order valence-corrected chi connectivity index (χ2v) is 10.9. The first-order chi connectivity index (χ1) is 21.3. The van der Waals surface area contributed by atoms with Crippen LogP contribution in [0.25, 0.3) is 0 Å². The molecule has 1 aromatic carbocycles. The maximum absolute atomic E-state index is 13.9. The highest BCUT2D eigenvalue weighted by molar-refractivity contribution is 5.76. The number of amides is 1. The van der Waals surface area contributed by atoms with Crippen molar-refractivity contribution >= 4 is 11.9 Å². The number of likely N-dealkylation sites (tertiary alicyclic amines) is 1. The van der Waals surface area contributed by atoms with Gasteiger partial charge in [0.2, 0.25) is 11.9 Å². The lowest BCUT2D eigenvalue weighted by atomic mass is 10.1. The molecule has 1 amide bonds. The van der Waals surface area contributed by atoms with Crippen molar-refractivity contribution in [2.45, 2.75) is 44.2 Å². The van der Waals surface area contributed by atoms with E-state index in [1.807, 2.05) is 4.90 Å². The zero-order chi connectivity index (χ0) is 32.4. The predicted octanol–water partition coefficient (Wildman–Crippen LogP) is 4.00. The molecule has 0 aliphatic carbocycles. The van der Waals surface area contributed by atoms with Crippen molar-refractivity contribution in [1.82, 2.24) is 29.5 Å². The minimum atomic E-state index is -4.87. The molecule has 1 atom stereocenters. The van der Waals surface area contributed by atoms with E-state index in [1.165, 1.54) is 7.11 Å². The lowest BCUT2D eigenvalue weighted by molar-refractivity contribution is -0.139. The van der Waals surface area contributed by atoms with Crippen LogP contribution >= 0.6 is 0 Å². The molecule has 16 heteroatoms. The van der Waals surface area contributed by atoms with Crippen LogP contribution in [-0.2, 0) is 23.7 Å². The minimum Gasteiger partial charge on any atom is -0.497 e. The summed E-state index contributed by atoms with van der Waals surface area (Å²) < 4.78 is 86.1. The SMILES string of the molecule is COc1ccc(Cn2nc(C3CCCN3CCC(=O)N3CCN(c4ncc(C(F)(F)F)cn4)CC3)cc(C(F)(F)F)c2=O)cc1. The van der Waals surface area contributed by atoms with Gasteiger partial charge in [0.25, 0.3) is 5.56 Å². The Morgan fingerprint density at radius 3 is 2.22 bits per heavy atom. The van der Waals surface area contributed by atoms with E-state index in [0.717, 1.165) is 23.1 Å². The Morgan fingerprint density at radius 2 is 1.62 bits per heavy atom. The maximum atomic E-state index is 13.9. The number of hydrogen-bond acceptors (Lipinski definition) is 8. The fraction of sp³-hybridized carbons (Fsp3) is 0.483. The Morgan fingerprint density at radius 1 is 0.956 bits per heavy atom. The topological polar surface area (TPSA) is 96.7 Å². The number of methoxy groups -OCH3 is 1. The first kappa shape index (κ1) is 32.2. The highest BCUT2D eigenvalue weighted by atomic mass is 19.4. The van der Waals surface area contributed by atoms with Crippen LogP contribution < -0.4 is 15.2 Å². The first-order valence-electron chi connectivity index (χ1n) is 14.3. The molecule has 1 unspecified atom stereocenters. The number of benzene rings is 1. The lowest BCUT2D eigenvalue weighted by Crippen LogP contribution is -2.49. The monoisotopic (exact) mass is 639 g/mol. The van der Waals surface area contributed by atoms with Crippen LogP contribution in [0.3, 0.4) is 0 Å². The van der Waals surface area contributed by atoms with Gasteiger partial charge < -0.3 is 14.5 Å². The Labute approximate surface area is 254 Å². The maximum Gasteiger partial charge on any atom is 0.421 e. The molecule has 0 saturated carbocycles. The second kappa shape index (κ2) is 13.0. The molecule has 2 fully saturated rings. The summed E-state index contributed by atoms with van der Waals surface area (Å²) in [6.45, 7) is 1.99. The van der Waals surface area contributed by atoms with E-state index in [2.05, 4.69) is 15.1 Å². The quantitative estimate of drug-likeness (QED) is 0.342. The summed E-state index contributed by atoms with van der Waals surface area (Å²) in [5.41, 5.74) is -2.78. The van der Waals surface area contributed by atoms with Gasteiger partial charge in [-0.2, -0.15) is 31.4 Å². The fourth-order valence-electron chi connectivity index (χ4n) is 5.55. The van der Waals surface area contributed by atoms with E-state index in [9.17, 15) is 35.9 Å². The molecular weight excluding hydrogens is 608 g/mol. The number of hydrogen-bond donors (Lipinski definition) is 0. The van der Waals surface area contributed by atoms with Crippen LogP contribution in [0.1, 0.15) is 47.7 Å². The molecule has 45 heavy (non-hydrogen) atoms. The number of piperazine rings is 1. The average Bonchev–Trinajstić information content (AvgIpc) is 3.49. The van der Waals surface area contributed by atoms with Crippen LogP contribution in [0.15, 0.2) is 47.5 Å². The van der Waals surface area contributed by atoms with Crippen LogP contribution in [0.4, 0.5) is 32.3 Å². The van der Waals surface area contributed by atoms with Crippen molar-refractivity contribution in [1.29, 1.82) is 0 Å². The van der Waals surface area contributed by atoms with Crippen LogP contribution in [-0.4, -0.2) is 81.8 Å². The van der Waals surface area contributed by atoms with Crippen molar-refractivity contribution in [2.75, 3.05) is 51.3 Å². The first-order valence-corrected chi connectivity index (χ1v) is 14.3. The van der Waals surface area contributed by atoms with Crippen LogP contribution in [0, 0.1) is 0 Å². The van der Waals surface area contributed by atoms with Gasteiger partial charge in [-0.15, -0.1) is 0 Å². The van der Waals surface area contributed by atoms with E-state index in [-0.39, 0.29) is 37.1 Å². The molecule has 5 rings (SSSR count). The minimum absolute atomic E-state index is 0.116. The Hall–Kier alpha value is -4.21. The molecule has 0 bridgehead atoms. The third-order valence-corrected chi connectivity index (χ3v) is 7.99. The molecule has 242 valence electrons. The molecule has 2 aliphatic rings. The van der Waals surface area contributed by atoms with Gasteiger partial charge in [0, 0.05) is 51.5 Å². The molecule has 2 aromatic heterocycles. The van der Waals surface area contributed by atoms with Gasteiger partial charge in [0.1, 0.15) is 11.3 Å². The van der Waals surface area contributed by atoms with Crippen molar-refractivity contribution in [3.8, 4) is 5.75 Å². The Bertz CT molecular complexity index is 1540.